The fourth-order valence-corrected chi connectivity index (χ4v) is 4.64. The van der Waals surface area contributed by atoms with E-state index in [4.69, 9.17) is 16.3 Å². The van der Waals surface area contributed by atoms with Gasteiger partial charge in [0.1, 0.15) is 11.9 Å². The van der Waals surface area contributed by atoms with E-state index in [1.165, 1.54) is 16.7 Å². The van der Waals surface area contributed by atoms with Crippen LogP contribution in [0.4, 0.5) is 0 Å². The molecule has 1 fully saturated rings. The Hall–Kier alpha value is -2.29. The van der Waals surface area contributed by atoms with Crippen molar-refractivity contribution in [2.45, 2.75) is 38.2 Å². The van der Waals surface area contributed by atoms with Crippen LogP contribution >= 0.6 is 11.6 Å². The molecule has 0 aliphatic carbocycles. The van der Waals surface area contributed by atoms with Crippen LogP contribution in [-0.4, -0.2) is 30.6 Å². The minimum absolute atomic E-state index is 0.207. The van der Waals surface area contributed by atoms with Crippen LogP contribution in [0.2, 0.25) is 5.02 Å². The average Bonchev–Trinajstić information content (AvgIpc) is 2.75. The topological polar surface area (TPSA) is 12.5 Å². The number of halogens is 1. The van der Waals surface area contributed by atoms with Crippen LogP contribution in [-0.2, 0) is 6.42 Å². The maximum Gasteiger partial charge on any atom is 0.120 e. The highest BCUT2D eigenvalue weighted by atomic mass is 35.5. The fraction of sp³-hybridized carbons (Fsp3) is 0.333. The Balaban J connectivity index is 1.40. The lowest BCUT2D eigenvalue weighted by molar-refractivity contribution is 0.0772. The number of hydrogen-bond donors (Lipinski definition) is 0. The highest BCUT2D eigenvalue weighted by molar-refractivity contribution is 6.30. The zero-order valence-corrected chi connectivity index (χ0v) is 18.4. The molecule has 3 aromatic rings. The maximum atomic E-state index is 6.50. The molecule has 4 rings (SSSR count). The number of piperidine rings is 1. The summed E-state index contributed by atoms with van der Waals surface area (Å²) in [6, 6.07) is 27.5. The van der Waals surface area contributed by atoms with Crippen LogP contribution in [0.1, 0.15) is 35.4 Å². The molecular weight excluding hydrogens is 390 g/mol. The van der Waals surface area contributed by atoms with Crippen LogP contribution < -0.4 is 4.74 Å². The van der Waals surface area contributed by atoms with Gasteiger partial charge in [0.2, 0.25) is 0 Å². The van der Waals surface area contributed by atoms with E-state index in [0.717, 1.165) is 49.7 Å². The summed E-state index contributed by atoms with van der Waals surface area (Å²) in [4.78, 5) is 2.60. The van der Waals surface area contributed by atoms with Crippen molar-refractivity contribution in [3.8, 4) is 5.75 Å². The predicted octanol–water partition coefficient (Wildman–Crippen LogP) is 6.52. The monoisotopic (exact) mass is 419 g/mol. The van der Waals surface area contributed by atoms with Crippen LogP contribution in [0, 0.1) is 6.92 Å². The van der Waals surface area contributed by atoms with Crippen molar-refractivity contribution in [2.24, 2.45) is 0 Å². The first-order chi connectivity index (χ1) is 14.7. The van der Waals surface area contributed by atoms with Crippen LogP contribution in [0.25, 0.3) is 0 Å². The van der Waals surface area contributed by atoms with E-state index in [2.05, 4.69) is 78.6 Å². The molecule has 0 saturated carbocycles. The third-order valence-corrected chi connectivity index (χ3v) is 6.20. The third kappa shape index (κ3) is 5.65. The van der Waals surface area contributed by atoms with E-state index in [0.29, 0.717) is 5.92 Å². The van der Waals surface area contributed by atoms with E-state index < -0.39 is 0 Å². The molecule has 1 aliphatic heterocycles. The second-order valence-corrected chi connectivity index (χ2v) is 8.75. The molecule has 3 aromatic carbocycles. The molecular formula is C27H30ClNO. The van der Waals surface area contributed by atoms with Crippen LogP contribution in [0.3, 0.4) is 0 Å². The quantitative estimate of drug-likeness (QED) is 0.432. The Labute approximate surface area is 185 Å². The summed E-state index contributed by atoms with van der Waals surface area (Å²) < 4.78 is 6.50. The van der Waals surface area contributed by atoms with Gasteiger partial charge in [-0.3, -0.25) is 0 Å². The second kappa shape index (κ2) is 10.1. The van der Waals surface area contributed by atoms with E-state index in [-0.39, 0.29) is 6.10 Å². The molecule has 0 bridgehead atoms. The fourth-order valence-electron chi connectivity index (χ4n) is 4.43. The first-order valence-electron chi connectivity index (χ1n) is 10.9. The van der Waals surface area contributed by atoms with Crippen molar-refractivity contribution < 1.29 is 4.74 Å². The Bertz CT molecular complexity index is 942. The largest absolute Gasteiger partial charge is 0.490 e. The number of ether oxygens (including phenoxy) is 1. The maximum absolute atomic E-state index is 6.50. The molecule has 0 radical (unpaired) electrons. The lowest BCUT2D eigenvalue weighted by Gasteiger charge is -2.39. The number of hydrogen-bond acceptors (Lipinski definition) is 2. The number of likely N-dealkylation sites (tertiary alicyclic amines) is 1. The molecule has 3 heteroatoms. The number of nitrogens with zero attached hydrogens (tertiary/aromatic N) is 1. The van der Waals surface area contributed by atoms with Gasteiger partial charge in [-0.25, -0.2) is 0 Å². The second-order valence-electron chi connectivity index (χ2n) is 8.31. The van der Waals surface area contributed by atoms with Gasteiger partial charge in [0, 0.05) is 24.0 Å². The lowest BCUT2D eigenvalue weighted by Crippen LogP contribution is -2.44. The molecule has 0 unspecified atom stereocenters. The number of rotatable bonds is 7. The standard InChI is InChI=1S/C27H30ClNO/c1-21-8-5-14-25(18-21)30-27-15-17-29(20-26(27)23-11-3-2-4-12-23)16-7-10-22-9-6-13-24(28)19-22/h2-6,8-9,11-14,18-19,26-27H,7,10,15-17,20H2,1H3/t26-,27-/m1/s1. The Morgan fingerprint density at radius 3 is 2.60 bits per heavy atom. The minimum atomic E-state index is 0.207. The van der Waals surface area contributed by atoms with Gasteiger partial charge < -0.3 is 9.64 Å². The van der Waals surface area contributed by atoms with Crippen molar-refractivity contribution in [1.82, 2.24) is 4.90 Å². The van der Waals surface area contributed by atoms with Crippen LogP contribution in [0.5, 0.6) is 5.75 Å². The van der Waals surface area contributed by atoms with Gasteiger partial charge in [-0.15, -0.1) is 0 Å². The molecule has 2 atom stereocenters. The Kier molecular flexibility index (Phi) is 7.09. The van der Waals surface area contributed by atoms with Crippen molar-refractivity contribution >= 4 is 11.6 Å². The molecule has 0 N–H and O–H groups in total. The van der Waals surface area contributed by atoms with Gasteiger partial charge in [0.05, 0.1) is 0 Å². The van der Waals surface area contributed by atoms with Gasteiger partial charge in [0.15, 0.2) is 0 Å². The van der Waals surface area contributed by atoms with E-state index >= 15 is 0 Å². The summed E-state index contributed by atoms with van der Waals surface area (Å²) in [6.45, 7) is 5.34. The van der Waals surface area contributed by atoms with Crippen molar-refractivity contribution in [3.05, 3.63) is 101 Å². The zero-order chi connectivity index (χ0) is 20.8. The first kappa shape index (κ1) is 21.0. The lowest BCUT2D eigenvalue weighted by atomic mass is 9.87. The van der Waals surface area contributed by atoms with E-state index in [1.54, 1.807) is 0 Å². The molecule has 2 nitrogen and oxygen atoms in total. The summed E-state index contributed by atoms with van der Waals surface area (Å²) in [7, 11) is 0. The number of benzene rings is 3. The summed E-state index contributed by atoms with van der Waals surface area (Å²) in [5.74, 6) is 1.36. The molecule has 0 spiro atoms. The van der Waals surface area contributed by atoms with Gasteiger partial charge in [0.25, 0.3) is 0 Å². The van der Waals surface area contributed by atoms with E-state index in [1.807, 2.05) is 12.1 Å². The molecule has 156 valence electrons. The van der Waals surface area contributed by atoms with Gasteiger partial charge in [-0.1, -0.05) is 66.2 Å². The van der Waals surface area contributed by atoms with Gasteiger partial charge in [-0.05, 0) is 73.7 Å². The summed E-state index contributed by atoms with van der Waals surface area (Å²) in [5, 5.41) is 0.825. The molecule has 1 saturated heterocycles. The number of aryl methyl sites for hydroxylation is 2. The summed E-state index contributed by atoms with van der Waals surface area (Å²) >= 11 is 6.13. The highest BCUT2D eigenvalue weighted by Gasteiger charge is 2.31. The highest BCUT2D eigenvalue weighted by Crippen LogP contribution is 2.31. The molecule has 1 aliphatic rings. The minimum Gasteiger partial charge on any atom is -0.490 e. The van der Waals surface area contributed by atoms with Gasteiger partial charge >= 0.3 is 0 Å². The Morgan fingerprint density at radius 1 is 0.967 bits per heavy atom. The summed E-state index contributed by atoms with van der Waals surface area (Å²) in [5.41, 5.74) is 3.93. The summed E-state index contributed by atoms with van der Waals surface area (Å²) in [6.07, 6.45) is 3.46. The smallest absolute Gasteiger partial charge is 0.120 e. The van der Waals surface area contributed by atoms with Crippen molar-refractivity contribution in [3.63, 3.8) is 0 Å². The first-order valence-corrected chi connectivity index (χ1v) is 11.3. The predicted molar refractivity (Wildman–Crippen MR) is 126 cm³/mol. The zero-order valence-electron chi connectivity index (χ0n) is 17.6. The average molecular weight is 420 g/mol. The van der Waals surface area contributed by atoms with Crippen molar-refractivity contribution in [1.29, 1.82) is 0 Å². The Morgan fingerprint density at radius 2 is 1.80 bits per heavy atom. The SMILES string of the molecule is Cc1cccc(O[C@@H]2CCN(CCCc3cccc(Cl)c3)C[C@@H]2c2ccccc2)c1. The third-order valence-electron chi connectivity index (χ3n) is 5.97. The molecule has 0 aromatic heterocycles. The van der Waals surface area contributed by atoms with E-state index in [9.17, 15) is 0 Å². The molecule has 1 heterocycles. The molecule has 30 heavy (non-hydrogen) atoms. The van der Waals surface area contributed by atoms with Gasteiger partial charge in [-0.2, -0.15) is 0 Å². The van der Waals surface area contributed by atoms with Crippen molar-refractivity contribution in [2.75, 3.05) is 19.6 Å². The van der Waals surface area contributed by atoms with Crippen LogP contribution in [0.15, 0.2) is 78.9 Å². The molecule has 0 amide bonds. The normalized spacial score (nSPS) is 19.5.